The molecule has 1 aromatic heterocycles. The number of carbonyl (C=O) groups is 1. The van der Waals surface area contributed by atoms with E-state index in [0.29, 0.717) is 16.5 Å². The topological polar surface area (TPSA) is 76.1 Å². The number of nitrogens with one attached hydrogen (secondary N) is 1. The van der Waals surface area contributed by atoms with Crippen molar-refractivity contribution >= 4 is 39.1 Å². The Morgan fingerprint density at radius 1 is 1.27 bits per heavy atom. The second-order valence-corrected chi connectivity index (χ2v) is 8.85. The van der Waals surface area contributed by atoms with Crippen LogP contribution in [-0.4, -0.2) is 25.6 Å². The van der Waals surface area contributed by atoms with Crippen molar-refractivity contribution in [2.75, 3.05) is 6.26 Å². The summed E-state index contributed by atoms with van der Waals surface area (Å²) >= 11 is 12.4. The highest BCUT2D eigenvalue weighted by atomic mass is 35.5. The molecule has 1 aromatic carbocycles. The molecule has 0 bridgehead atoms. The quantitative estimate of drug-likeness (QED) is 0.805. The van der Waals surface area contributed by atoms with E-state index in [9.17, 15) is 17.6 Å². The van der Waals surface area contributed by atoms with E-state index >= 15 is 0 Å². The van der Waals surface area contributed by atoms with E-state index in [4.69, 9.17) is 23.2 Å². The fraction of sp³-hybridized carbons (Fsp3) is 0.294. The van der Waals surface area contributed by atoms with Crippen LogP contribution in [0.2, 0.25) is 10.0 Å². The number of carbonyl (C=O) groups excluding carboxylic acids is 1. The molecule has 1 N–H and O–H groups in total. The first kappa shape index (κ1) is 19.1. The first-order valence-electron chi connectivity index (χ1n) is 7.78. The largest absolute Gasteiger partial charge is 0.268 e. The molecule has 0 unspecified atom stereocenters. The zero-order valence-electron chi connectivity index (χ0n) is 13.7. The highest BCUT2D eigenvalue weighted by Crippen LogP contribution is 2.42. The number of halogens is 3. The van der Waals surface area contributed by atoms with E-state index < -0.39 is 27.3 Å². The lowest BCUT2D eigenvalue weighted by atomic mass is 10.0. The number of nitrogens with zero attached hydrogens (tertiary/aromatic N) is 1. The first-order chi connectivity index (χ1) is 12.1. The van der Waals surface area contributed by atoms with Gasteiger partial charge in [-0.3, -0.25) is 9.78 Å². The number of hydrogen-bond donors (Lipinski definition) is 1. The summed E-state index contributed by atoms with van der Waals surface area (Å²) in [5.41, 5.74) is 1.64. The van der Waals surface area contributed by atoms with Crippen molar-refractivity contribution in [2.24, 2.45) is 0 Å². The Balaban J connectivity index is 1.84. The van der Waals surface area contributed by atoms with Crippen LogP contribution in [0.1, 0.15) is 45.9 Å². The molecule has 0 radical (unpaired) electrons. The maximum absolute atomic E-state index is 14.3. The van der Waals surface area contributed by atoms with E-state index in [-0.39, 0.29) is 11.4 Å². The van der Waals surface area contributed by atoms with Crippen molar-refractivity contribution in [3.8, 4) is 0 Å². The van der Waals surface area contributed by atoms with Gasteiger partial charge in [-0.25, -0.2) is 17.5 Å². The Morgan fingerprint density at radius 2 is 1.96 bits per heavy atom. The van der Waals surface area contributed by atoms with Crippen LogP contribution in [0.5, 0.6) is 0 Å². The van der Waals surface area contributed by atoms with Gasteiger partial charge in [0.25, 0.3) is 5.91 Å². The van der Waals surface area contributed by atoms with Crippen LogP contribution < -0.4 is 4.72 Å². The van der Waals surface area contributed by atoms with E-state index in [1.54, 1.807) is 17.0 Å². The van der Waals surface area contributed by atoms with Gasteiger partial charge in [-0.15, -0.1) is 0 Å². The van der Waals surface area contributed by atoms with Gasteiger partial charge < -0.3 is 0 Å². The summed E-state index contributed by atoms with van der Waals surface area (Å²) in [4.78, 5) is 16.2. The van der Waals surface area contributed by atoms with E-state index in [1.165, 1.54) is 0 Å². The van der Waals surface area contributed by atoms with Crippen molar-refractivity contribution in [2.45, 2.75) is 25.2 Å². The second-order valence-electron chi connectivity index (χ2n) is 6.29. The van der Waals surface area contributed by atoms with E-state index in [1.807, 2.05) is 0 Å². The molecule has 0 saturated heterocycles. The molecule has 0 aliphatic heterocycles. The van der Waals surface area contributed by atoms with Gasteiger partial charge in [0.1, 0.15) is 5.82 Å². The maximum Gasteiger partial charge on any atom is 0.267 e. The number of aromatic nitrogens is 1. The SMILES string of the molecule is CS(=O)(=O)NC(=O)c1cc(Cl)c(Cc2cnc(C3CC3)c(Cl)c2)cc1F. The molecular formula is C17H15Cl2FN2O3S. The lowest BCUT2D eigenvalue weighted by Crippen LogP contribution is -2.30. The fourth-order valence-electron chi connectivity index (χ4n) is 2.58. The minimum absolute atomic E-state index is 0.146. The molecule has 1 heterocycles. The number of pyridine rings is 1. The van der Waals surface area contributed by atoms with Gasteiger partial charge in [-0.2, -0.15) is 0 Å². The van der Waals surface area contributed by atoms with Gasteiger partial charge in [-0.05, 0) is 42.2 Å². The minimum Gasteiger partial charge on any atom is -0.268 e. The second kappa shape index (κ2) is 7.13. The smallest absolute Gasteiger partial charge is 0.267 e. The molecule has 26 heavy (non-hydrogen) atoms. The van der Waals surface area contributed by atoms with E-state index in [2.05, 4.69) is 4.98 Å². The van der Waals surface area contributed by atoms with Crippen molar-refractivity contribution in [3.63, 3.8) is 0 Å². The zero-order chi connectivity index (χ0) is 19.1. The number of benzene rings is 1. The Labute approximate surface area is 160 Å². The summed E-state index contributed by atoms with van der Waals surface area (Å²) in [7, 11) is -3.80. The Morgan fingerprint density at radius 3 is 2.54 bits per heavy atom. The molecule has 0 spiro atoms. The molecule has 1 fully saturated rings. The molecule has 1 aliphatic carbocycles. The molecule has 1 saturated carbocycles. The minimum atomic E-state index is -3.80. The van der Waals surface area contributed by atoms with Gasteiger partial charge in [0.15, 0.2) is 0 Å². The number of hydrogen-bond acceptors (Lipinski definition) is 4. The van der Waals surface area contributed by atoms with Gasteiger partial charge >= 0.3 is 0 Å². The zero-order valence-corrected chi connectivity index (χ0v) is 16.1. The molecule has 9 heteroatoms. The van der Waals surface area contributed by atoms with Gasteiger partial charge in [0.2, 0.25) is 10.0 Å². The average molecular weight is 417 g/mol. The maximum atomic E-state index is 14.3. The normalized spacial score (nSPS) is 14.3. The van der Waals surface area contributed by atoms with Crippen LogP contribution in [-0.2, 0) is 16.4 Å². The Bertz CT molecular complexity index is 992. The summed E-state index contributed by atoms with van der Waals surface area (Å²) in [5.74, 6) is -1.51. The van der Waals surface area contributed by atoms with Crippen LogP contribution in [0, 0.1) is 5.82 Å². The van der Waals surface area contributed by atoms with Crippen molar-refractivity contribution < 1.29 is 17.6 Å². The van der Waals surface area contributed by atoms with Crippen LogP contribution in [0.4, 0.5) is 4.39 Å². The Kier molecular flexibility index (Phi) is 5.23. The molecule has 5 nitrogen and oxygen atoms in total. The summed E-state index contributed by atoms with van der Waals surface area (Å²) in [6.45, 7) is 0. The number of rotatable bonds is 5. The lowest BCUT2D eigenvalue weighted by Gasteiger charge is -2.10. The summed E-state index contributed by atoms with van der Waals surface area (Å²) in [6, 6.07) is 4.00. The molecule has 0 atom stereocenters. The molecule has 1 aliphatic rings. The van der Waals surface area contributed by atoms with Gasteiger partial charge in [0.05, 0.1) is 22.5 Å². The molecule has 1 amide bonds. The van der Waals surface area contributed by atoms with Gasteiger partial charge in [0, 0.05) is 23.6 Å². The van der Waals surface area contributed by atoms with Crippen LogP contribution in [0.25, 0.3) is 0 Å². The van der Waals surface area contributed by atoms with Crippen molar-refractivity contribution in [3.05, 3.63) is 62.6 Å². The van der Waals surface area contributed by atoms with Crippen LogP contribution in [0.3, 0.4) is 0 Å². The first-order valence-corrected chi connectivity index (χ1v) is 10.4. The monoisotopic (exact) mass is 416 g/mol. The fourth-order valence-corrected chi connectivity index (χ4v) is 3.60. The molecule has 138 valence electrons. The molecular weight excluding hydrogens is 402 g/mol. The third-order valence-corrected chi connectivity index (χ3v) is 5.15. The molecule has 3 rings (SSSR count). The standard InChI is InChI=1S/C17H15Cl2FN2O3S/c1-26(24,25)22-17(23)12-7-13(18)11(6-15(12)20)4-9-5-14(19)16(21-8-9)10-2-3-10/h5-8,10H,2-4H2,1H3,(H,22,23). The van der Waals surface area contributed by atoms with Crippen molar-refractivity contribution in [1.29, 1.82) is 0 Å². The van der Waals surface area contributed by atoms with E-state index in [0.717, 1.165) is 42.5 Å². The highest BCUT2D eigenvalue weighted by molar-refractivity contribution is 7.89. The highest BCUT2D eigenvalue weighted by Gasteiger charge is 2.27. The Hall–Kier alpha value is -1.70. The summed E-state index contributed by atoms with van der Waals surface area (Å²) in [6.07, 6.45) is 4.93. The summed E-state index contributed by atoms with van der Waals surface area (Å²) in [5, 5.41) is 0.721. The third-order valence-electron chi connectivity index (χ3n) is 3.94. The third kappa shape index (κ3) is 4.52. The predicted octanol–water partition coefficient (Wildman–Crippen LogP) is 3.69. The van der Waals surface area contributed by atoms with Crippen LogP contribution in [0.15, 0.2) is 24.4 Å². The summed E-state index contributed by atoms with van der Waals surface area (Å²) < 4.78 is 38.2. The average Bonchev–Trinajstić information content (AvgIpc) is 3.33. The van der Waals surface area contributed by atoms with Crippen molar-refractivity contribution in [1.82, 2.24) is 9.71 Å². The number of amides is 1. The van der Waals surface area contributed by atoms with Crippen LogP contribution >= 0.6 is 23.2 Å². The number of sulfonamides is 1. The van der Waals surface area contributed by atoms with Gasteiger partial charge in [-0.1, -0.05) is 23.2 Å². The lowest BCUT2D eigenvalue weighted by molar-refractivity contribution is 0.0978. The predicted molar refractivity (Wildman–Crippen MR) is 97.7 cm³/mol. The molecule has 2 aromatic rings.